The van der Waals surface area contributed by atoms with Crippen molar-refractivity contribution in [3.05, 3.63) is 16.1 Å². The molecule has 0 saturated carbocycles. The van der Waals surface area contributed by atoms with Crippen molar-refractivity contribution in [1.29, 1.82) is 0 Å². The van der Waals surface area contributed by atoms with Gasteiger partial charge in [0.1, 0.15) is 5.01 Å². The molecule has 8 heteroatoms. The van der Waals surface area contributed by atoms with Crippen molar-refractivity contribution in [1.82, 2.24) is 15.2 Å². The Hall–Kier alpha value is -1.28. The Morgan fingerprint density at radius 2 is 2.26 bits per heavy atom. The van der Waals surface area contributed by atoms with Crippen LogP contribution in [0.25, 0.3) is 0 Å². The number of thiazole rings is 1. The number of carboxylic acid groups (broad SMARTS) is 1. The zero-order chi connectivity index (χ0) is 13.7. The number of aromatic carboxylic acids is 1. The first-order valence-corrected chi connectivity index (χ1v) is 7.98. The summed E-state index contributed by atoms with van der Waals surface area (Å²) in [6, 6.07) is -0.102. The second-order valence-corrected chi connectivity index (χ2v) is 6.21. The molecule has 104 valence electrons. The highest BCUT2D eigenvalue weighted by Gasteiger charge is 2.16. The maximum absolute atomic E-state index is 11.9. The third kappa shape index (κ3) is 4.10. The second-order valence-electron chi connectivity index (χ2n) is 4.04. The van der Waals surface area contributed by atoms with Gasteiger partial charge in [-0.25, -0.2) is 14.6 Å². The van der Waals surface area contributed by atoms with Crippen LogP contribution in [-0.4, -0.2) is 51.6 Å². The summed E-state index contributed by atoms with van der Waals surface area (Å²) in [5.74, 6) is 1.02. The van der Waals surface area contributed by atoms with Crippen LogP contribution in [0.3, 0.4) is 0 Å². The van der Waals surface area contributed by atoms with Crippen molar-refractivity contribution >= 4 is 35.1 Å². The minimum absolute atomic E-state index is 0.0282. The fourth-order valence-corrected chi connectivity index (χ4v) is 3.30. The number of nitrogens with zero attached hydrogens (tertiary/aromatic N) is 2. The van der Waals surface area contributed by atoms with Gasteiger partial charge in [0.05, 0.1) is 6.54 Å². The van der Waals surface area contributed by atoms with E-state index in [1.807, 2.05) is 11.8 Å². The number of hydrogen-bond acceptors (Lipinski definition) is 5. The average Bonchev–Trinajstić information content (AvgIpc) is 2.70. The van der Waals surface area contributed by atoms with Crippen LogP contribution in [0.5, 0.6) is 0 Å². The number of carboxylic acids is 1. The van der Waals surface area contributed by atoms with Crippen LogP contribution >= 0.6 is 23.1 Å². The summed E-state index contributed by atoms with van der Waals surface area (Å²) in [6.07, 6.45) is 1.01. The van der Waals surface area contributed by atoms with Crippen molar-refractivity contribution < 1.29 is 14.7 Å². The molecule has 2 rings (SSSR count). The standard InChI is InChI=1S/C11H15N3O3S2/c15-10(16)8-7-19-9(13-8)6-12-11(17)14-2-1-4-18-5-3-14/h7H,1-6H2,(H,12,17)(H,15,16). The SMILES string of the molecule is O=C(O)c1csc(CNC(=O)N2CCCSCC2)n1. The fourth-order valence-electron chi connectivity index (χ4n) is 1.70. The average molecular weight is 301 g/mol. The first kappa shape index (κ1) is 14.1. The number of thioether (sulfide) groups is 1. The third-order valence-corrected chi connectivity index (χ3v) is 4.57. The van der Waals surface area contributed by atoms with Crippen LogP contribution in [0.15, 0.2) is 5.38 Å². The van der Waals surface area contributed by atoms with E-state index in [1.165, 1.54) is 16.7 Å². The van der Waals surface area contributed by atoms with Gasteiger partial charge in [-0.05, 0) is 12.2 Å². The number of nitrogens with one attached hydrogen (secondary N) is 1. The molecule has 1 saturated heterocycles. The van der Waals surface area contributed by atoms with Gasteiger partial charge in [-0.15, -0.1) is 11.3 Å². The summed E-state index contributed by atoms with van der Waals surface area (Å²) in [6.45, 7) is 1.81. The molecule has 0 radical (unpaired) electrons. The summed E-state index contributed by atoms with van der Waals surface area (Å²) in [5.41, 5.74) is 0.0282. The lowest BCUT2D eigenvalue weighted by atomic mass is 10.4. The van der Waals surface area contributed by atoms with Crippen molar-refractivity contribution in [2.75, 3.05) is 24.6 Å². The van der Waals surface area contributed by atoms with Gasteiger partial charge in [0.15, 0.2) is 5.69 Å². The van der Waals surface area contributed by atoms with Crippen LogP contribution in [0, 0.1) is 0 Å². The topological polar surface area (TPSA) is 82.5 Å². The third-order valence-electron chi connectivity index (χ3n) is 2.67. The Kier molecular flexibility index (Phi) is 5.03. The number of rotatable bonds is 3. The molecule has 0 aliphatic carbocycles. The van der Waals surface area contributed by atoms with Gasteiger partial charge in [0, 0.05) is 24.2 Å². The van der Waals surface area contributed by atoms with Crippen LogP contribution in [0.4, 0.5) is 4.79 Å². The Labute approximate surface area is 119 Å². The van der Waals surface area contributed by atoms with Crippen LogP contribution in [0.2, 0.25) is 0 Å². The lowest BCUT2D eigenvalue weighted by Gasteiger charge is -2.19. The van der Waals surface area contributed by atoms with E-state index in [1.54, 1.807) is 4.90 Å². The first-order valence-electron chi connectivity index (χ1n) is 5.95. The monoisotopic (exact) mass is 301 g/mol. The van der Waals surface area contributed by atoms with Gasteiger partial charge >= 0.3 is 12.0 Å². The number of hydrogen-bond donors (Lipinski definition) is 2. The van der Waals surface area contributed by atoms with E-state index < -0.39 is 5.97 Å². The van der Waals surface area contributed by atoms with Crippen molar-refractivity contribution in [3.8, 4) is 0 Å². The predicted octanol–water partition coefficient (Wildman–Crippen LogP) is 1.49. The molecule has 0 atom stereocenters. The van der Waals surface area contributed by atoms with E-state index >= 15 is 0 Å². The van der Waals surface area contributed by atoms with E-state index in [2.05, 4.69) is 10.3 Å². The van der Waals surface area contributed by atoms with E-state index in [9.17, 15) is 9.59 Å². The van der Waals surface area contributed by atoms with E-state index in [0.717, 1.165) is 31.0 Å². The van der Waals surface area contributed by atoms with Crippen LogP contribution < -0.4 is 5.32 Å². The Balaban J connectivity index is 1.83. The van der Waals surface area contributed by atoms with Crippen molar-refractivity contribution in [2.24, 2.45) is 0 Å². The molecule has 0 bridgehead atoms. The normalized spacial score (nSPS) is 15.9. The number of urea groups is 1. The zero-order valence-electron chi connectivity index (χ0n) is 10.3. The van der Waals surface area contributed by atoms with Crippen LogP contribution in [0.1, 0.15) is 21.9 Å². The quantitative estimate of drug-likeness (QED) is 0.884. The predicted molar refractivity (Wildman–Crippen MR) is 74.8 cm³/mol. The molecule has 1 fully saturated rings. The largest absolute Gasteiger partial charge is 0.476 e. The molecule has 1 aliphatic rings. The van der Waals surface area contributed by atoms with Gasteiger partial charge in [0.2, 0.25) is 0 Å². The maximum Gasteiger partial charge on any atom is 0.355 e. The van der Waals surface area contributed by atoms with E-state index in [-0.39, 0.29) is 18.3 Å². The van der Waals surface area contributed by atoms with Crippen LogP contribution in [-0.2, 0) is 6.54 Å². The molecule has 0 unspecified atom stereocenters. The number of amides is 2. The number of carbonyl (C=O) groups is 2. The van der Waals surface area contributed by atoms with E-state index in [4.69, 9.17) is 5.11 Å². The molecule has 2 amide bonds. The van der Waals surface area contributed by atoms with Crippen molar-refractivity contribution in [2.45, 2.75) is 13.0 Å². The first-order chi connectivity index (χ1) is 9.16. The number of aromatic nitrogens is 1. The molecule has 1 aromatic rings. The highest BCUT2D eigenvalue weighted by Crippen LogP contribution is 2.11. The lowest BCUT2D eigenvalue weighted by Crippen LogP contribution is -2.40. The Morgan fingerprint density at radius 1 is 1.42 bits per heavy atom. The molecule has 0 aromatic carbocycles. The van der Waals surface area contributed by atoms with Gasteiger partial charge in [-0.3, -0.25) is 0 Å². The molecular formula is C11H15N3O3S2. The highest BCUT2D eigenvalue weighted by atomic mass is 32.2. The molecule has 0 spiro atoms. The van der Waals surface area contributed by atoms with Gasteiger partial charge < -0.3 is 15.3 Å². The second kappa shape index (κ2) is 6.76. The minimum atomic E-state index is -1.04. The smallest absolute Gasteiger partial charge is 0.355 e. The molecule has 19 heavy (non-hydrogen) atoms. The molecule has 6 nitrogen and oxygen atoms in total. The number of carbonyl (C=O) groups excluding carboxylic acids is 1. The highest BCUT2D eigenvalue weighted by molar-refractivity contribution is 7.99. The molecule has 2 heterocycles. The van der Waals surface area contributed by atoms with Gasteiger partial charge in [-0.2, -0.15) is 11.8 Å². The zero-order valence-corrected chi connectivity index (χ0v) is 11.9. The summed E-state index contributed by atoms with van der Waals surface area (Å²) < 4.78 is 0. The van der Waals surface area contributed by atoms with Gasteiger partial charge in [-0.1, -0.05) is 0 Å². The summed E-state index contributed by atoms with van der Waals surface area (Å²) in [5, 5.41) is 13.6. The molecule has 2 N–H and O–H groups in total. The van der Waals surface area contributed by atoms with Gasteiger partial charge in [0.25, 0.3) is 0 Å². The van der Waals surface area contributed by atoms with E-state index in [0.29, 0.717) is 5.01 Å². The fraction of sp³-hybridized carbons (Fsp3) is 0.545. The summed E-state index contributed by atoms with van der Waals surface area (Å²) in [7, 11) is 0. The van der Waals surface area contributed by atoms with Crippen molar-refractivity contribution in [3.63, 3.8) is 0 Å². The summed E-state index contributed by atoms with van der Waals surface area (Å²) >= 11 is 3.10. The lowest BCUT2D eigenvalue weighted by molar-refractivity contribution is 0.0691. The molecule has 1 aromatic heterocycles. The summed E-state index contributed by atoms with van der Waals surface area (Å²) in [4.78, 5) is 28.3. The molecule has 1 aliphatic heterocycles. The molecular weight excluding hydrogens is 286 g/mol. The maximum atomic E-state index is 11.9. The Morgan fingerprint density at radius 3 is 3.00 bits per heavy atom. The Bertz CT molecular complexity index is 456. The minimum Gasteiger partial charge on any atom is -0.476 e.